The first kappa shape index (κ1) is 16.3. The minimum Gasteiger partial charge on any atom is -0.0620 e. The summed E-state index contributed by atoms with van der Waals surface area (Å²) in [5, 5.41) is 11.3. The zero-order valence-electron chi connectivity index (χ0n) is 15.7. The smallest absolute Gasteiger partial charge is 0.0620 e. The van der Waals surface area contributed by atoms with Crippen molar-refractivity contribution in [2.24, 2.45) is 0 Å². The topological polar surface area (TPSA) is 0 Å². The van der Waals surface area contributed by atoms with Gasteiger partial charge in [-0.25, -0.2) is 0 Å². The maximum atomic E-state index is 2.50. The third kappa shape index (κ3) is 2.50. The average molecular weight is 363 g/mol. The summed E-state index contributed by atoms with van der Waals surface area (Å²) in [5.41, 5.74) is 0. The molecule has 0 radical (unpaired) electrons. The van der Waals surface area contributed by atoms with Crippen molar-refractivity contribution in [1.29, 1.82) is 0 Å². The predicted molar refractivity (Wildman–Crippen MR) is 122 cm³/mol. The van der Waals surface area contributed by atoms with Crippen LogP contribution in [0, 0.1) is 0 Å². The van der Waals surface area contributed by atoms with Crippen LogP contribution in [-0.2, 0) is 0 Å². The molecular formula is C26H22Si. The van der Waals surface area contributed by atoms with Gasteiger partial charge in [0.05, 0.1) is 0 Å². The molecule has 0 saturated carbocycles. The van der Waals surface area contributed by atoms with Crippen LogP contribution in [0.5, 0.6) is 0 Å². The van der Waals surface area contributed by atoms with E-state index < -0.39 is 8.07 Å². The van der Waals surface area contributed by atoms with Crippen molar-refractivity contribution in [2.45, 2.75) is 13.1 Å². The fourth-order valence-corrected chi connectivity index (χ4v) is 8.08. The van der Waals surface area contributed by atoms with Crippen LogP contribution in [0.15, 0.2) is 97.1 Å². The van der Waals surface area contributed by atoms with Crippen LogP contribution in [0.1, 0.15) is 0 Å². The first-order valence-corrected chi connectivity index (χ1v) is 12.6. The van der Waals surface area contributed by atoms with Crippen molar-refractivity contribution in [3.05, 3.63) is 97.1 Å². The number of hydrogen-bond acceptors (Lipinski definition) is 0. The molecule has 130 valence electrons. The molecule has 1 heteroatoms. The van der Waals surface area contributed by atoms with Gasteiger partial charge >= 0.3 is 0 Å². The second-order valence-corrected chi connectivity index (χ2v) is 12.1. The number of rotatable bonds is 2. The van der Waals surface area contributed by atoms with Crippen LogP contribution in [0.3, 0.4) is 0 Å². The molecule has 0 heterocycles. The Morgan fingerprint density at radius 1 is 0.481 bits per heavy atom. The summed E-state index contributed by atoms with van der Waals surface area (Å²) < 4.78 is 0. The van der Waals surface area contributed by atoms with Gasteiger partial charge in [-0.15, -0.1) is 0 Å². The minimum atomic E-state index is -1.95. The standard InChI is InChI=1S/C26H22Si/c1-27(2,25-17-9-13-19-10-3-6-14-22(19)25)26-23-15-7-4-11-20(23)18-21-12-5-8-16-24(21)26/h3-18H,1-2H3. The van der Waals surface area contributed by atoms with Crippen molar-refractivity contribution in [2.75, 3.05) is 0 Å². The van der Waals surface area contributed by atoms with E-state index in [2.05, 4.69) is 110 Å². The van der Waals surface area contributed by atoms with Gasteiger partial charge in [-0.3, -0.25) is 0 Å². The molecule has 0 atom stereocenters. The summed E-state index contributed by atoms with van der Waals surface area (Å²) in [6, 6.07) is 35.7. The summed E-state index contributed by atoms with van der Waals surface area (Å²) in [5.74, 6) is 0. The SMILES string of the molecule is C[Si](C)(c1cccc2ccccc12)c1c2ccccc2cc2ccccc12. The summed E-state index contributed by atoms with van der Waals surface area (Å²) in [6.45, 7) is 5.01. The fraction of sp³-hybridized carbons (Fsp3) is 0.0769. The monoisotopic (exact) mass is 362 g/mol. The van der Waals surface area contributed by atoms with Gasteiger partial charge in [0.1, 0.15) is 8.07 Å². The van der Waals surface area contributed by atoms with Gasteiger partial charge in [-0.2, -0.15) is 0 Å². The lowest BCUT2D eigenvalue weighted by molar-refractivity contribution is 1.72. The number of fused-ring (bicyclic) bond motifs is 3. The van der Waals surface area contributed by atoms with E-state index in [1.165, 1.54) is 37.5 Å². The second-order valence-electron chi connectivity index (χ2n) is 7.85. The maximum Gasteiger partial charge on any atom is 0.114 e. The molecular weight excluding hydrogens is 340 g/mol. The fourth-order valence-electron chi connectivity index (χ4n) is 4.59. The Morgan fingerprint density at radius 3 is 1.59 bits per heavy atom. The highest BCUT2D eigenvalue weighted by atomic mass is 28.3. The van der Waals surface area contributed by atoms with Crippen LogP contribution in [0.4, 0.5) is 0 Å². The molecule has 0 unspecified atom stereocenters. The molecule has 0 N–H and O–H groups in total. The molecule has 0 fully saturated rings. The van der Waals surface area contributed by atoms with E-state index in [4.69, 9.17) is 0 Å². The Labute approximate surface area is 161 Å². The predicted octanol–water partition coefficient (Wildman–Crippen LogP) is 5.97. The average Bonchev–Trinajstić information content (AvgIpc) is 2.71. The van der Waals surface area contributed by atoms with Crippen molar-refractivity contribution >= 4 is 50.8 Å². The van der Waals surface area contributed by atoms with Crippen molar-refractivity contribution in [3.63, 3.8) is 0 Å². The van der Waals surface area contributed by atoms with E-state index in [1.807, 2.05) is 0 Å². The number of hydrogen-bond donors (Lipinski definition) is 0. The molecule has 0 aliphatic heterocycles. The normalized spacial score (nSPS) is 12.1. The third-order valence-corrected chi connectivity index (χ3v) is 9.43. The van der Waals surface area contributed by atoms with Gasteiger partial charge in [0, 0.05) is 0 Å². The third-order valence-electron chi connectivity index (χ3n) is 5.86. The van der Waals surface area contributed by atoms with Gasteiger partial charge < -0.3 is 0 Å². The van der Waals surface area contributed by atoms with Crippen LogP contribution in [0.25, 0.3) is 32.3 Å². The van der Waals surface area contributed by atoms with E-state index in [9.17, 15) is 0 Å². The first-order chi connectivity index (χ1) is 13.2. The number of benzene rings is 5. The lowest BCUT2D eigenvalue weighted by Gasteiger charge is -2.28. The second kappa shape index (κ2) is 6.07. The van der Waals surface area contributed by atoms with Crippen LogP contribution in [0.2, 0.25) is 13.1 Å². The van der Waals surface area contributed by atoms with Crippen LogP contribution >= 0.6 is 0 Å². The van der Waals surface area contributed by atoms with Gasteiger partial charge in [0.15, 0.2) is 0 Å². The lowest BCUT2D eigenvalue weighted by Crippen LogP contribution is -2.53. The van der Waals surface area contributed by atoms with Gasteiger partial charge in [-0.1, -0.05) is 104 Å². The van der Waals surface area contributed by atoms with Gasteiger partial charge in [-0.05, 0) is 48.8 Å². The van der Waals surface area contributed by atoms with Crippen LogP contribution in [-0.4, -0.2) is 8.07 Å². The lowest BCUT2D eigenvalue weighted by atomic mass is 10.0. The molecule has 5 aromatic rings. The molecule has 0 aliphatic rings. The summed E-state index contributed by atoms with van der Waals surface area (Å²) >= 11 is 0. The molecule has 0 aromatic heterocycles. The minimum absolute atomic E-state index is 1.33. The summed E-state index contributed by atoms with van der Waals surface area (Å²) in [6.07, 6.45) is 0. The van der Waals surface area contributed by atoms with Gasteiger partial charge in [0.25, 0.3) is 0 Å². The largest absolute Gasteiger partial charge is 0.114 e. The molecule has 0 aliphatic carbocycles. The Morgan fingerprint density at radius 2 is 0.963 bits per heavy atom. The van der Waals surface area contributed by atoms with E-state index in [1.54, 1.807) is 5.19 Å². The van der Waals surface area contributed by atoms with E-state index >= 15 is 0 Å². The Hall–Kier alpha value is -2.90. The molecule has 27 heavy (non-hydrogen) atoms. The van der Waals surface area contributed by atoms with Crippen molar-refractivity contribution in [1.82, 2.24) is 0 Å². The molecule has 0 amide bonds. The molecule has 5 aromatic carbocycles. The maximum absolute atomic E-state index is 2.50. The highest BCUT2D eigenvalue weighted by Gasteiger charge is 2.31. The quantitative estimate of drug-likeness (QED) is 0.268. The Balaban J connectivity index is 1.93. The van der Waals surface area contributed by atoms with Crippen LogP contribution < -0.4 is 10.4 Å². The highest BCUT2D eigenvalue weighted by molar-refractivity contribution is 7.04. The highest BCUT2D eigenvalue weighted by Crippen LogP contribution is 2.26. The van der Waals surface area contributed by atoms with Gasteiger partial charge in [0.2, 0.25) is 0 Å². The zero-order chi connectivity index (χ0) is 18.4. The van der Waals surface area contributed by atoms with E-state index in [-0.39, 0.29) is 0 Å². The first-order valence-electron chi connectivity index (χ1n) is 9.55. The Kier molecular flexibility index (Phi) is 3.66. The van der Waals surface area contributed by atoms with Crippen molar-refractivity contribution < 1.29 is 0 Å². The van der Waals surface area contributed by atoms with E-state index in [0.717, 1.165) is 0 Å². The molecule has 0 bridgehead atoms. The van der Waals surface area contributed by atoms with Crippen molar-refractivity contribution in [3.8, 4) is 0 Å². The molecule has 5 rings (SSSR count). The Bertz CT molecular complexity index is 1240. The molecule has 0 saturated heterocycles. The van der Waals surface area contributed by atoms with E-state index in [0.29, 0.717) is 0 Å². The summed E-state index contributed by atoms with van der Waals surface area (Å²) in [4.78, 5) is 0. The zero-order valence-corrected chi connectivity index (χ0v) is 16.7. The molecule has 0 nitrogen and oxygen atoms in total. The summed E-state index contributed by atoms with van der Waals surface area (Å²) in [7, 11) is -1.95. The molecule has 0 spiro atoms.